The van der Waals surface area contributed by atoms with E-state index >= 15 is 0 Å². The van der Waals surface area contributed by atoms with Crippen LogP contribution >= 0.6 is 11.8 Å². The summed E-state index contributed by atoms with van der Waals surface area (Å²) in [6.45, 7) is 0. The Morgan fingerprint density at radius 1 is 1.00 bits per heavy atom. The monoisotopic (exact) mass is 311 g/mol. The molecule has 2 nitrogen and oxygen atoms in total. The molecule has 1 aliphatic carbocycles. The standard InChI is InChI=1S/C19H21NOS/c21-18(12-15-22-17-10-5-2-6-11-17)20-19(13-7-14-19)16-8-3-1-4-9-16/h1-6,8-11H,7,12-15H2,(H,20,21). The van der Waals surface area contributed by atoms with E-state index in [4.69, 9.17) is 0 Å². The first-order valence-electron chi connectivity index (χ1n) is 7.83. The molecular weight excluding hydrogens is 290 g/mol. The van der Waals surface area contributed by atoms with Gasteiger partial charge in [-0.15, -0.1) is 11.8 Å². The first kappa shape index (κ1) is 15.2. The SMILES string of the molecule is O=C(CCSc1ccccc1)NC1(c2ccccc2)CCC1. The quantitative estimate of drug-likeness (QED) is 0.803. The Morgan fingerprint density at radius 3 is 2.23 bits per heavy atom. The second-order valence-corrected chi connectivity index (χ2v) is 6.93. The number of hydrogen-bond donors (Lipinski definition) is 1. The number of carbonyl (C=O) groups is 1. The van der Waals surface area contributed by atoms with Crippen molar-refractivity contribution in [2.45, 2.75) is 36.1 Å². The molecule has 0 radical (unpaired) electrons. The van der Waals surface area contributed by atoms with Crippen LogP contribution in [0.4, 0.5) is 0 Å². The highest BCUT2D eigenvalue weighted by Gasteiger charge is 2.39. The molecule has 0 heterocycles. The van der Waals surface area contributed by atoms with Gasteiger partial charge in [-0.1, -0.05) is 48.5 Å². The average molecular weight is 311 g/mol. The summed E-state index contributed by atoms with van der Waals surface area (Å²) in [5.41, 5.74) is 1.13. The molecule has 0 atom stereocenters. The Bertz CT molecular complexity index is 608. The third-order valence-electron chi connectivity index (χ3n) is 4.25. The van der Waals surface area contributed by atoms with Crippen molar-refractivity contribution in [3.63, 3.8) is 0 Å². The maximum Gasteiger partial charge on any atom is 0.221 e. The lowest BCUT2D eigenvalue weighted by atomic mass is 9.71. The number of nitrogens with one attached hydrogen (secondary N) is 1. The van der Waals surface area contributed by atoms with Gasteiger partial charge < -0.3 is 5.32 Å². The minimum absolute atomic E-state index is 0.115. The minimum atomic E-state index is -0.115. The van der Waals surface area contributed by atoms with Crippen LogP contribution in [0, 0.1) is 0 Å². The van der Waals surface area contributed by atoms with Crippen molar-refractivity contribution in [3.8, 4) is 0 Å². The summed E-state index contributed by atoms with van der Waals surface area (Å²) < 4.78 is 0. The summed E-state index contributed by atoms with van der Waals surface area (Å²) in [4.78, 5) is 13.5. The molecule has 0 aliphatic heterocycles. The van der Waals surface area contributed by atoms with Crippen molar-refractivity contribution in [1.82, 2.24) is 5.32 Å². The molecule has 22 heavy (non-hydrogen) atoms. The van der Waals surface area contributed by atoms with Crippen molar-refractivity contribution in [3.05, 3.63) is 66.2 Å². The number of benzene rings is 2. The van der Waals surface area contributed by atoms with Crippen molar-refractivity contribution in [1.29, 1.82) is 0 Å². The molecule has 1 fully saturated rings. The topological polar surface area (TPSA) is 29.1 Å². The second-order valence-electron chi connectivity index (χ2n) is 5.76. The molecule has 2 aromatic rings. The first-order chi connectivity index (χ1) is 10.8. The summed E-state index contributed by atoms with van der Waals surface area (Å²) in [5, 5.41) is 3.28. The molecule has 1 N–H and O–H groups in total. The van der Waals surface area contributed by atoms with Gasteiger partial charge in [-0.05, 0) is 37.0 Å². The predicted molar refractivity (Wildman–Crippen MR) is 91.9 cm³/mol. The van der Waals surface area contributed by atoms with Crippen LogP contribution in [0.25, 0.3) is 0 Å². The minimum Gasteiger partial charge on any atom is -0.347 e. The lowest BCUT2D eigenvalue weighted by Gasteiger charge is -2.43. The van der Waals surface area contributed by atoms with E-state index in [0.717, 1.165) is 18.6 Å². The highest BCUT2D eigenvalue weighted by molar-refractivity contribution is 7.99. The van der Waals surface area contributed by atoms with Gasteiger partial charge in [0, 0.05) is 17.1 Å². The number of carbonyl (C=O) groups excluding carboxylic acids is 1. The molecule has 0 unspecified atom stereocenters. The Hall–Kier alpha value is -1.74. The van der Waals surface area contributed by atoms with Crippen LogP contribution in [0.5, 0.6) is 0 Å². The van der Waals surface area contributed by atoms with Crippen LogP contribution in [0.1, 0.15) is 31.2 Å². The Morgan fingerprint density at radius 2 is 1.64 bits per heavy atom. The zero-order valence-corrected chi connectivity index (χ0v) is 13.4. The zero-order valence-electron chi connectivity index (χ0n) is 12.6. The van der Waals surface area contributed by atoms with Gasteiger partial charge in [-0.3, -0.25) is 4.79 Å². The van der Waals surface area contributed by atoms with Crippen LogP contribution in [0.15, 0.2) is 65.6 Å². The molecule has 0 spiro atoms. The van der Waals surface area contributed by atoms with Gasteiger partial charge >= 0.3 is 0 Å². The molecule has 1 saturated carbocycles. The summed E-state index contributed by atoms with van der Waals surface area (Å²) in [5.74, 6) is 0.979. The third-order valence-corrected chi connectivity index (χ3v) is 5.27. The van der Waals surface area contributed by atoms with Crippen LogP contribution in [-0.4, -0.2) is 11.7 Å². The highest BCUT2D eigenvalue weighted by Crippen LogP contribution is 2.41. The summed E-state index contributed by atoms with van der Waals surface area (Å²) in [6.07, 6.45) is 3.85. The van der Waals surface area contributed by atoms with Gasteiger partial charge in [0.1, 0.15) is 0 Å². The fraction of sp³-hybridized carbons (Fsp3) is 0.316. The van der Waals surface area contributed by atoms with Gasteiger partial charge in [-0.2, -0.15) is 0 Å². The smallest absolute Gasteiger partial charge is 0.221 e. The molecular formula is C19H21NOS. The van der Waals surface area contributed by atoms with Gasteiger partial charge in [0.05, 0.1) is 5.54 Å². The Labute approximate surface area is 136 Å². The molecule has 2 aromatic carbocycles. The van der Waals surface area contributed by atoms with E-state index in [1.54, 1.807) is 11.8 Å². The Kier molecular flexibility index (Phi) is 4.84. The number of thioether (sulfide) groups is 1. The van der Waals surface area contributed by atoms with Crippen LogP contribution in [0.2, 0.25) is 0 Å². The van der Waals surface area contributed by atoms with E-state index in [9.17, 15) is 4.79 Å². The van der Waals surface area contributed by atoms with Gasteiger partial charge in [0.25, 0.3) is 0 Å². The van der Waals surface area contributed by atoms with Crippen LogP contribution in [0.3, 0.4) is 0 Å². The summed E-state index contributed by atoms with van der Waals surface area (Å²) in [6, 6.07) is 20.6. The molecule has 0 aromatic heterocycles. The van der Waals surface area contributed by atoms with E-state index in [-0.39, 0.29) is 11.4 Å². The largest absolute Gasteiger partial charge is 0.347 e. The summed E-state index contributed by atoms with van der Waals surface area (Å²) in [7, 11) is 0. The molecule has 3 heteroatoms. The first-order valence-corrected chi connectivity index (χ1v) is 8.81. The number of hydrogen-bond acceptors (Lipinski definition) is 2. The lowest BCUT2D eigenvalue weighted by molar-refractivity contribution is -0.123. The van der Waals surface area contributed by atoms with Gasteiger partial charge in [-0.25, -0.2) is 0 Å². The summed E-state index contributed by atoms with van der Waals surface area (Å²) >= 11 is 1.74. The molecule has 0 bridgehead atoms. The zero-order chi connectivity index (χ0) is 15.3. The third kappa shape index (κ3) is 3.53. The Balaban J connectivity index is 1.53. The van der Waals surface area contributed by atoms with E-state index in [1.807, 2.05) is 36.4 Å². The molecule has 0 saturated heterocycles. The van der Waals surface area contributed by atoms with Crippen molar-refractivity contribution >= 4 is 17.7 Å². The number of amides is 1. The molecule has 1 amide bonds. The van der Waals surface area contributed by atoms with Gasteiger partial charge in [0.15, 0.2) is 0 Å². The lowest BCUT2D eigenvalue weighted by Crippen LogP contribution is -2.50. The fourth-order valence-corrected chi connectivity index (χ4v) is 3.75. The van der Waals surface area contributed by atoms with Crippen molar-refractivity contribution in [2.75, 3.05) is 5.75 Å². The van der Waals surface area contributed by atoms with E-state index in [2.05, 4.69) is 29.6 Å². The maximum absolute atomic E-state index is 12.3. The molecule has 1 aliphatic rings. The normalized spacial score (nSPS) is 15.8. The van der Waals surface area contributed by atoms with Crippen molar-refractivity contribution in [2.24, 2.45) is 0 Å². The van der Waals surface area contributed by atoms with Crippen LogP contribution < -0.4 is 5.32 Å². The van der Waals surface area contributed by atoms with E-state index in [0.29, 0.717) is 6.42 Å². The average Bonchev–Trinajstić information content (AvgIpc) is 2.53. The molecule has 3 rings (SSSR count). The number of rotatable bonds is 6. The predicted octanol–water partition coefficient (Wildman–Crippen LogP) is 4.36. The molecule has 114 valence electrons. The maximum atomic E-state index is 12.3. The van der Waals surface area contributed by atoms with E-state index in [1.165, 1.54) is 16.9 Å². The fourth-order valence-electron chi connectivity index (χ4n) is 2.88. The van der Waals surface area contributed by atoms with Gasteiger partial charge in [0.2, 0.25) is 5.91 Å². The van der Waals surface area contributed by atoms with Crippen LogP contribution in [-0.2, 0) is 10.3 Å². The van der Waals surface area contributed by atoms with E-state index < -0.39 is 0 Å². The second kappa shape index (κ2) is 7.01. The van der Waals surface area contributed by atoms with Crippen molar-refractivity contribution < 1.29 is 4.79 Å². The highest BCUT2D eigenvalue weighted by atomic mass is 32.2.